The summed E-state index contributed by atoms with van der Waals surface area (Å²) in [4.78, 5) is 21.2. The summed E-state index contributed by atoms with van der Waals surface area (Å²) in [7, 11) is 0. The molecule has 0 aliphatic carbocycles. The molecule has 1 amide bonds. The molecule has 0 radical (unpaired) electrons. The maximum absolute atomic E-state index is 10.8. The first kappa shape index (κ1) is 7.59. The Morgan fingerprint density at radius 2 is 2.36 bits per heavy atom. The number of amides is 1. The van der Waals surface area contributed by atoms with Crippen molar-refractivity contribution in [1.82, 2.24) is 5.16 Å². The van der Waals surface area contributed by atoms with Crippen molar-refractivity contribution < 1.29 is 9.32 Å². The number of nitrogens with one attached hydrogen (secondary N) is 1. The summed E-state index contributed by atoms with van der Waals surface area (Å²) in [5, 5.41) is 2.10. The Labute approximate surface area is 62.2 Å². The van der Waals surface area contributed by atoms with Gasteiger partial charge in [-0.2, -0.15) is 5.16 Å². The Morgan fingerprint density at radius 3 is 2.73 bits per heavy atom. The number of H-pyrrole nitrogens is 1. The zero-order valence-corrected chi connectivity index (χ0v) is 6.01. The van der Waals surface area contributed by atoms with E-state index in [9.17, 15) is 9.59 Å². The third-order valence-corrected chi connectivity index (χ3v) is 1.35. The maximum atomic E-state index is 10.8. The van der Waals surface area contributed by atoms with Crippen LogP contribution in [0, 0.1) is 6.92 Å². The smallest absolute Gasteiger partial charge is 0.283 e. The molecule has 5 heteroatoms. The van der Waals surface area contributed by atoms with Crippen LogP contribution in [0.5, 0.6) is 0 Å². The van der Waals surface area contributed by atoms with E-state index in [1.54, 1.807) is 6.92 Å². The highest BCUT2D eigenvalue weighted by Gasteiger charge is 2.10. The van der Waals surface area contributed by atoms with Crippen LogP contribution in [0.1, 0.15) is 11.3 Å². The quantitative estimate of drug-likeness (QED) is 0.593. The fourth-order valence-corrected chi connectivity index (χ4v) is 0.785. The molecule has 0 unspecified atom stereocenters. The van der Waals surface area contributed by atoms with Crippen LogP contribution >= 0.6 is 0 Å². The fourth-order valence-electron chi connectivity index (χ4n) is 0.785. The van der Waals surface area contributed by atoms with Gasteiger partial charge in [0.05, 0.1) is 12.0 Å². The molecule has 5 nitrogen and oxygen atoms in total. The molecule has 0 fully saturated rings. The molecule has 0 aliphatic rings. The number of carbonyl (C=O) groups is 1. The molecule has 1 aromatic rings. The van der Waals surface area contributed by atoms with Crippen molar-refractivity contribution in [1.29, 1.82) is 0 Å². The number of carbonyl (C=O) groups excluding carboxylic acids is 1. The molecule has 0 aliphatic heterocycles. The molecular weight excluding hydrogens is 148 g/mol. The van der Waals surface area contributed by atoms with Crippen molar-refractivity contribution in [3.05, 3.63) is 21.7 Å². The molecule has 0 bridgehead atoms. The molecule has 0 atom stereocenters. The predicted octanol–water partition coefficient (Wildman–Crippen LogP) is -0.696. The molecule has 1 rings (SSSR count). The Kier molecular flexibility index (Phi) is 1.80. The highest BCUT2D eigenvalue weighted by Crippen LogP contribution is 1.99. The van der Waals surface area contributed by atoms with Crippen molar-refractivity contribution >= 4 is 5.91 Å². The molecule has 1 aromatic heterocycles. The lowest BCUT2D eigenvalue weighted by atomic mass is 10.2. The molecule has 0 saturated carbocycles. The first-order valence-electron chi connectivity index (χ1n) is 3.06. The van der Waals surface area contributed by atoms with Gasteiger partial charge in [0.15, 0.2) is 0 Å². The largest absolute Gasteiger partial charge is 0.384 e. The summed E-state index contributed by atoms with van der Waals surface area (Å²) in [6, 6.07) is 0. The summed E-state index contributed by atoms with van der Waals surface area (Å²) >= 11 is 0. The Bertz CT molecular complexity index is 323. The van der Waals surface area contributed by atoms with Gasteiger partial charge in [0, 0.05) is 0 Å². The Morgan fingerprint density at radius 1 is 1.73 bits per heavy atom. The molecule has 3 N–H and O–H groups in total. The van der Waals surface area contributed by atoms with E-state index in [4.69, 9.17) is 5.73 Å². The minimum absolute atomic E-state index is 0.0718. The normalized spacial score (nSPS) is 9.91. The van der Waals surface area contributed by atoms with E-state index in [1.807, 2.05) is 0 Å². The molecule has 60 valence electrons. The zero-order valence-electron chi connectivity index (χ0n) is 6.01. The molecule has 11 heavy (non-hydrogen) atoms. The van der Waals surface area contributed by atoms with E-state index in [0.29, 0.717) is 11.3 Å². The third-order valence-electron chi connectivity index (χ3n) is 1.35. The van der Waals surface area contributed by atoms with Gasteiger partial charge in [-0.25, -0.2) is 0 Å². The topological polar surface area (TPSA) is 89.1 Å². The van der Waals surface area contributed by atoms with E-state index in [2.05, 4.69) is 9.68 Å². The first-order valence-corrected chi connectivity index (χ1v) is 3.06. The van der Waals surface area contributed by atoms with E-state index in [0.717, 1.165) is 0 Å². The standard InChI is InChI=1S/C6H8N2O3/c1-3-4(2-5(7)9)6(10)8-11-3/h2H2,1H3,(H2,7,9)(H,8,10). The minimum Gasteiger partial charge on any atom is -0.384 e. The van der Waals surface area contributed by atoms with Gasteiger partial charge in [0.1, 0.15) is 5.76 Å². The van der Waals surface area contributed by atoms with E-state index >= 15 is 0 Å². The second-order valence-corrected chi connectivity index (χ2v) is 2.21. The average molecular weight is 156 g/mol. The molecule has 0 saturated heterocycles. The molecular formula is C6H8N2O3. The average Bonchev–Trinajstić information content (AvgIpc) is 2.18. The van der Waals surface area contributed by atoms with Gasteiger partial charge >= 0.3 is 0 Å². The molecule has 0 spiro atoms. The number of rotatable bonds is 2. The molecule has 0 aromatic carbocycles. The SMILES string of the molecule is Cc1o[nH]c(=O)c1CC(N)=O. The van der Waals surface area contributed by atoms with Crippen molar-refractivity contribution in [3.63, 3.8) is 0 Å². The monoisotopic (exact) mass is 156 g/mol. The summed E-state index contributed by atoms with van der Waals surface area (Å²) < 4.78 is 4.65. The number of hydrogen-bond donors (Lipinski definition) is 2. The number of aromatic amines is 1. The summed E-state index contributed by atoms with van der Waals surface area (Å²) in [6.07, 6.45) is -0.0718. The van der Waals surface area contributed by atoms with E-state index in [-0.39, 0.29) is 12.0 Å². The summed E-state index contributed by atoms with van der Waals surface area (Å²) in [5.74, 6) is -0.131. The van der Waals surface area contributed by atoms with Gasteiger partial charge in [0.25, 0.3) is 5.56 Å². The zero-order chi connectivity index (χ0) is 8.43. The molecule has 1 heterocycles. The van der Waals surface area contributed by atoms with Gasteiger partial charge < -0.3 is 10.3 Å². The van der Waals surface area contributed by atoms with Gasteiger partial charge in [-0.3, -0.25) is 9.59 Å². The lowest BCUT2D eigenvalue weighted by Crippen LogP contribution is -2.18. The van der Waals surface area contributed by atoms with Crippen LogP contribution in [0.3, 0.4) is 0 Å². The fraction of sp³-hybridized carbons (Fsp3) is 0.333. The van der Waals surface area contributed by atoms with Crippen LogP contribution < -0.4 is 11.3 Å². The van der Waals surface area contributed by atoms with Crippen LogP contribution in [-0.2, 0) is 11.2 Å². The van der Waals surface area contributed by atoms with Crippen LogP contribution in [0.2, 0.25) is 0 Å². The Balaban J connectivity index is 3.01. The number of aromatic nitrogens is 1. The summed E-state index contributed by atoms with van der Waals surface area (Å²) in [6.45, 7) is 1.59. The second-order valence-electron chi connectivity index (χ2n) is 2.21. The van der Waals surface area contributed by atoms with Crippen molar-refractivity contribution in [2.75, 3.05) is 0 Å². The van der Waals surface area contributed by atoms with Crippen LogP contribution in [-0.4, -0.2) is 11.1 Å². The van der Waals surface area contributed by atoms with E-state index in [1.165, 1.54) is 0 Å². The Hall–Kier alpha value is -1.52. The van der Waals surface area contributed by atoms with Crippen LogP contribution in [0.25, 0.3) is 0 Å². The lowest BCUT2D eigenvalue weighted by Gasteiger charge is -1.88. The van der Waals surface area contributed by atoms with Gasteiger partial charge in [-0.1, -0.05) is 0 Å². The third kappa shape index (κ3) is 1.49. The minimum atomic E-state index is -0.542. The maximum Gasteiger partial charge on any atom is 0.283 e. The van der Waals surface area contributed by atoms with Gasteiger partial charge in [-0.05, 0) is 6.92 Å². The number of primary amides is 1. The highest BCUT2D eigenvalue weighted by molar-refractivity contribution is 5.76. The van der Waals surface area contributed by atoms with Crippen molar-refractivity contribution in [3.8, 4) is 0 Å². The van der Waals surface area contributed by atoms with E-state index < -0.39 is 5.91 Å². The predicted molar refractivity (Wildman–Crippen MR) is 37.0 cm³/mol. The summed E-state index contributed by atoms with van der Waals surface area (Å²) in [5.41, 5.74) is 4.80. The van der Waals surface area contributed by atoms with Crippen molar-refractivity contribution in [2.45, 2.75) is 13.3 Å². The van der Waals surface area contributed by atoms with Crippen LogP contribution in [0.15, 0.2) is 9.32 Å². The van der Waals surface area contributed by atoms with Gasteiger partial charge in [-0.15, -0.1) is 0 Å². The lowest BCUT2D eigenvalue weighted by molar-refractivity contribution is -0.117. The van der Waals surface area contributed by atoms with Gasteiger partial charge in [0.2, 0.25) is 5.91 Å². The number of hydrogen-bond acceptors (Lipinski definition) is 3. The number of aryl methyl sites for hydroxylation is 1. The second kappa shape index (κ2) is 2.61. The van der Waals surface area contributed by atoms with Crippen LogP contribution in [0.4, 0.5) is 0 Å². The number of nitrogens with two attached hydrogens (primary N) is 1. The van der Waals surface area contributed by atoms with Crippen molar-refractivity contribution in [2.24, 2.45) is 5.73 Å². The first-order chi connectivity index (χ1) is 5.11. The highest BCUT2D eigenvalue weighted by atomic mass is 16.5.